The number of nitrogens with zero attached hydrogens (tertiary/aromatic N) is 1. The molecule has 1 N–H and O–H groups in total. The highest BCUT2D eigenvalue weighted by Gasteiger charge is 2.21. The first kappa shape index (κ1) is 20.0. The molecule has 1 amide bonds. The molecule has 6 heteroatoms. The third-order valence-corrected chi connectivity index (χ3v) is 5.80. The molecule has 139 valence electrons. The van der Waals surface area contributed by atoms with E-state index < -0.39 is 10.0 Å². The normalized spacial score (nSPS) is 11.2. The molecule has 0 atom stereocenters. The Kier molecular flexibility index (Phi) is 7.21. The van der Waals surface area contributed by atoms with Crippen molar-refractivity contribution >= 4 is 21.6 Å². The van der Waals surface area contributed by atoms with E-state index >= 15 is 0 Å². The molecule has 2 rings (SSSR count). The van der Waals surface area contributed by atoms with Gasteiger partial charge in [0.1, 0.15) is 0 Å². The molecule has 0 saturated carbocycles. The molecule has 2 aromatic carbocycles. The second kappa shape index (κ2) is 9.38. The Balaban J connectivity index is 1.87. The van der Waals surface area contributed by atoms with E-state index in [1.54, 1.807) is 37.7 Å². The van der Waals surface area contributed by atoms with E-state index in [0.29, 0.717) is 12.1 Å². The van der Waals surface area contributed by atoms with Crippen LogP contribution in [0.25, 0.3) is 0 Å². The Morgan fingerprint density at radius 2 is 1.73 bits per heavy atom. The largest absolute Gasteiger partial charge is 0.351 e. The van der Waals surface area contributed by atoms with Gasteiger partial charge in [-0.3, -0.25) is 9.10 Å². The van der Waals surface area contributed by atoms with E-state index in [0.717, 1.165) is 5.56 Å². The average molecular weight is 373 g/mol. The van der Waals surface area contributed by atoms with Gasteiger partial charge in [-0.25, -0.2) is 8.42 Å². The van der Waals surface area contributed by atoms with Crippen LogP contribution >= 0.6 is 0 Å². The van der Waals surface area contributed by atoms with E-state index in [2.05, 4.69) is 5.32 Å². The molecule has 0 fully saturated rings. The summed E-state index contributed by atoms with van der Waals surface area (Å²) < 4.78 is 25.9. The van der Waals surface area contributed by atoms with Gasteiger partial charge in [0, 0.05) is 13.0 Å². The molecule has 2 aromatic rings. The number of benzene rings is 2. The number of hydrogen-bond acceptors (Lipinski definition) is 3. The van der Waals surface area contributed by atoms with Gasteiger partial charge in [-0.1, -0.05) is 48.0 Å². The quantitative estimate of drug-likeness (QED) is 0.735. The van der Waals surface area contributed by atoms with Gasteiger partial charge in [0.05, 0.1) is 18.0 Å². The van der Waals surface area contributed by atoms with Gasteiger partial charge in [-0.2, -0.15) is 0 Å². The molecule has 5 nitrogen and oxygen atoms in total. The lowest BCUT2D eigenvalue weighted by Gasteiger charge is -2.23. The number of nitrogens with one attached hydrogen (secondary N) is 1. The first-order valence-electron chi connectivity index (χ1n) is 8.64. The zero-order valence-electron chi connectivity index (χ0n) is 15.2. The highest BCUT2D eigenvalue weighted by atomic mass is 32.2. The average Bonchev–Trinajstić information content (AvgIpc) is 2.64. The molecule has 0 aromatic heterocycles. The summed E-state index contributed by atoms with van der Waals surface area (Å²) in [6.45, 7) is 5.44. The highest BCUT2D eigenvalue weighted by molar-refractivity contribution is 7.92. The molecule has 26 heavy (non-hydrogen) atoms. The maximum absolute atomic E-state index is 12.3. The fourth-order valence-electron chi connectivity index (χ4n) is 2.46. The fraction of sp³-hybridized carbons (Fsp3) is 0.300. The van der Waals surface area contributed by atoms with Gasteiger partial charge in [-0.15, -0.1) is 0 Å². The van der Waals surface area contributed by atoms with Crippen LogP contribution in [0, 0.1) is 13.5 Å². The Bertz CT molecular complexity index is 803. The van der Waals surface area contributed by atoms with Crippen LogP contribution in [0.5, 0.6) is 0 Å². The summed E-state index contributed by atoms with van der Waals surface area (Å²) in [7, 11) is -3.43. The van der Waals surface area contributed by atoms with E-state index in [4.69, 9.17) is 0 Å². The molecule has 0 heterocycles. The number of amides is 1. The number of carbonyl (C=O) groups excluding carboxylic acids is 1. The number of carbonyl (C=O) groups is 1. The number of rotatable bonds is 9. The maximum atomic E-state index is 12.3. The second-order valence-electron chi connectivity index (χ2n) is 6.02. The molecule has 0 bridgehead atoms. The third-order valence-electron chi connectivity index (χ3n) is 4.01. The minimum absolute atomic E-state index is 0.0109. The van der Waals surface area contributed by atoms with Crippen LogP contribution in [0.15, 0.2) is 54.6 Å². The number of para-hydroxylation sites is 1. The van der Waals surface area contributed by atoms with Crippen LogP contribution in [-0.2, 0) is 21.2 Å². The van der Waals surface area contributed by atoms with Gasteiger partial charge >= 0.3 is 0 Å². The Labute approximate surface area is 156 Å². The van der Waals surface area contributed by atoms with E-state index in [1.807, 2.05) is 37.3 Å². The van der Waals surface area contributed by atoms with Gasteiger partial charge < -0.3 is 5.32 Å². The Morgan fingerprint density at radius 1 is 1.08 bits per heavy atom. The zero-order chi connectivity index (χ0) is 19.0. The van der Waals surface area contributed by atoms with Crippen LogP contribution in [0.4, 0.5) is 5.69 Å². The SMILES string of the molecule is CCS(=O)(=O)N(CCC(=O)N[CH]Cc1ccc(C)cc1)c1ccccc1. The van der Waals surface area contributed by atoms with E-state index in [1.165, 1.54) is 9.87 Å². The zero-order valence-corrected chi connectivity index (χ0v) is 16.0. The van der Waals surface area contributed by atoms with Crippen LogP contribution in [0.2, 0.25) is 0 Å². The summed E-state index contributed by atoms with van der Waals surface area (Å²) in [5, 5.41) is 2.74. The smallest absolute Gasteiger partial charge is 0.234 e. The van der Waals surface area contributed by atoms with Crippen molar-refractivity contribution in [2.24, 2.45) is 0 Å². The fourth-order valence-corrected chi connectivity index (χ4v) is 3.59. The molecule has 0 spiro atoms. The van der Waals surface area contributed by atoms with Crippen molar-refractivity contribution in [3.8, 4) is 0 Å². The lowest BCUT2D eigenvalue weighted by molar-refractivity contribution is -0.120. The summed E-state index contributed by atoms with van der Waals surface area (Å²) in [6.07, 6.45) is 0.722. The van der Waals surface area contributed by atoms with Gasteiger partial charge in [-0.05, 0) is 38.0 Å². The van der Waals surface area contributed by atoms with Crippen molar-refractivity contribution in [2.75, 3.05) is 16.6 Å². The molecule has 0 aliphatic heterocycles. The van der Waals surface area contributed by atoms with E-state index in [-0.39, 0.29) is 24.6 Å². The first-order chi connectivity index (χ1) is 12.4. The minimum Gasteiger partial charge on any atom is -0.351 e. The molecule has 0 aliphatic carbocycles. The first-order valence-corrected chi connectivity index (χ1v) is 10.3. The monoisotopic (exact) mass is 373 g/mol. The third kappa shape index (κ3) is 5.88. The number of hydrogen-bond donors (Lipinski definition) is 1. The highest BCUT2D eigenvalue weighted by Crippen LogP contribution is 2.18. The van der Waals surface area contributed by atoms with Crippen LogP contribution in [0.1, 0.15) is 24.5 Å². The number of anilines is 1. The topological polar surface area (TPSA) is 66.5 Å². The van der Waals surface area contributed by atoms with Crippen molar-refractivity contribution < 1.29 is 13.2 Å². The standard InChI is InChI=1S/C20H25N2O3S/c1-3-26(24,25)22(19-7-5-4-6-8-19)16-14-20(23)21-15-13-18-11-9-17(2)10-12-18/h4-12,15H,3,13-14,16H2,1-2H3,(H,21,23). The van der Waals surface area contributed by atoms with Crippen molar-refractivity contribution in [3.63, 3.8) is 0 Å². The summed E-state index contributed by atoms with van der Waals surface area (Å²) in [6, 6.07) is 16.9. The van der Waals surface area contributed by atoms with Crippen LogP contribution < -0.4 is 9.62 Å². The lowest BCUT2D eigenvalue weighted by atomic mass is 10.1. The predicted molar refractivity (Wildman–Crippen MR) is 105 cm³/mol. The second-order valence-corrected chi connectivity index (χ2v) is 8.20. The molecule has 0 unspecified atom stereocenters. The predicted octanol–water partition coefficient (Wildman–Crippen LogP) is 3.06. The van der Waals surface area contributed by atoms with Crippen LogP contribution in [-0.4, -0.2) is 26.6 Å². The molecular formula is C20H25N2O3S. The maximum Gasteiger partial charge on any atom is 0.234 e. The lowest BCUT2D eigenvalue weighted by Crippen LogP contribution is -2.36. The molecule has 1 radical (unpaired) electrons. The summed E-state index contributed by atoms with van der Waals surface area (Å²) >= 11 is 0. The van der Waals surface area contributed by atoms with Gasteiger partial charge in [0.2, 0.25) is 15.9 Å². The molecular weight excluding hydrogens is 348 g/mol. The number of aryl methyl sites for hydroxylation is 1. The summed E-state index contributed by atoms with van der Waals surface area (Å²) in [4.78, 5) is 12.1. The van der Waals surface area contributed by atoms with Gasteiger partial charge in [0.25, 0.3) is 0 Å². The van der Waals surface area contributed by atoms with E-state index in [9.17, 15) is 13.2 Å². The van der Waals surface area contributed by atoms with Crippen molar-refractivity contribution in [1.29, 1.82) is 0 Å². The van der Waals surface area contributed by atoms with Crippen molar-refractivity contribution in [1.82, 2.24) is 5.32 Å². The van der Waals surface area contributed by atoms with Crippen molar-refractivity contribution in [3.05, 3.63) is 72.3 Å². The molecule has 0 aliphatic rings. The van der Waals surface area contributed by atoms with Gasteiger partial charge in [0.15, 0.2) is 0 Å². The van der Waals surface area contributed by atoms with Crippen molar-refractivity contribution in [2.45, 2.75) is 26.7 Å². The number of sulfonamides is 1. The molecule has 0 saturated heterocycles. The minimum atomic E-state index is -3.43. The Hall–Kier alpha value is -2.34. The van der Waals surface area contributed by atoms with Crippen LogP contribution in [0.3, 0.4) is 0 Å². The Morgan fingerprint density at radius 3 is 2.35 bits per heavy atom. The summed E-state index contributed by atoms with van der Waals surface area (Å²) in [5.74, 6) is -0.215. The summed E-state index contributed by atoms with van der Waals surface area (Å²) in [5.41, 5.74) is 2.87.